The summed E-state index contributed by atoms with van der Waals surface area (Å²) in [5, 5.41) is 5.98. The van der Waals surface area contributed by atoms with Crippen molar-refractivity contribution in [2.45, 2.75) is 62.8 Å². The summed E-state index contributed by atoms with van der Waals surface area (Å²) in [7, 11) is 1.70. The van der Waals surface area contributed by atoms with E-state index >= 15 is 0 Å². The molecule has 1 fully saturated rings. The third-order valence-electron chi connectivity index (χ3n) is 4.00. The van der Waals surface area contributed by atoms with Gasteiger partial charge in [0.05, 0.1) is 5.60 Å². The molecular formula is C14H28N2O2S. The Morgan fingerprint density at radius 3 is 2.53 bits per heavy atom. The molecule has 1 atom stereocenters. The molecule has 19 heavy (non-hydrogen) atoms. The van der Waals surface area contributed by atoms with Crippen molar-refractivity contribution in [1.82, 2.24) is 10.6 Å². The minimum atomic E-state index is -0.207. The van der Waals surface area contributed by atoms with Crippen molar-refractivity contribution >= 4 is 17.8 Å². The molecule has 1 aliphatic carbocycles. The molecule has 0 bridgehead atoms. The first-order chi connectivity index (χ1) is 8.82. The molecule has 0 aromatic carbocycles. The predicted molar refractivity (Wildman–Crippen MR) is 81.8 cm³/mol. The molecule has 0 heterocycles. The van der Waals surface area contributed by atoms with Crippen LogP contribution in [-0.4, -0.2) is 42.3 Å². The maximum absolute atomic E-state index is 11.9. The van der Waals surface area contributed by atoms with E-state index in [1.807, 2.05) is 32.5 Å². The molecular weight excluding hydrogens is 260 g/mol. The summed E-state index contributed by atoms with van der Waals surface area (Å²) in [4.78, 5) is 11.9. The molecule has 0 aromatic heterocycles. The minimum absolute atomic E-state index is 0.0697. The van der Waals surface area contributed by atoms with Gasteiger partial charge in [-0.3, -0.25) is 0 Å². The van der Waals surface area contributed by atoms with E-state index in [9.17, 15) is 4.79 Å². The van der Waals surface area contributed by atoms with Crippen LogP contribution in [0, 0.1) is 0 Å². The topological polar surface area (TPSA) is 50.4 Å². The number of hydrogen-bond acceptors (Lipinski definition) is 3. The second-order valence-corrected chi connectivity index (χ2v) is 7.41. The van der Waals surface area contributed by atoms with Crippen LogP contribution in [0.5, 0.6) is 0 Å². The Hall–Kier alpha value is -0.420. The lowest BCUT2D eigenvalue weighted by molar-refractivity contribution is 0.00949. The van der Waals surface area contributed by atoms with Gasteiger partial charge in [-0.1, -0.05) is 6.42 Å². The van der Waals surface area contributed by atoms with Gasteiger partial charge in [0.1, 0.15) is 0 Å². The van der Waals surface area contributed by atoms with Gasteiger partial charge >= 0.3 is 6.03 Å². The highest BCUT2D eigenvalue weighted by Crippen LogP contribution is 2.42. The molecule has 0 radical (unpaired) electrons. The van der Waals surface area contributed by atoms with E-state index in [1.165, 1.54) is 19.3 Å². The Morgan fingerprint density at radius 1 is 1.47 bits per heavy atom. The zero-order valence-electron chi connectivity index (χ0n) is 12.8. The van der Waals surface area contributed by atoms with Gasteiger partial charge in [0.2, 0.25) is 0 Å². The van der Waals surface area contributed by atoms with Gasteiger partial charge in [0, 0.05) is 24.4 Å². The van der Waals surface area contributed by atoms with Crippen molar-refractivity contribution in [3.8, 4) is 0 Å². The van der Waals surface area contributed by atoms with Crippen LogP contribution in [0.15, 0.2) is 0 Å². The maximum atomic E-state index is 11.9. The Morgan fingerprint density at radius 2 is 2.11 bits per heavy atom. The van der Waals surface area contributed by atoms with E-state index in [0.717, 1.165) is 13.0 Å². The summed E-state index contributed by atoms with van der Waals surface area (Å²) >= 11 is 1.87. The van der Waals surface area contributed by atoms with Gasteiger partial charge < -0.3 is 15.4 Å². The molecule has 1 unspecified atom stereocenters. The van der Waals surface area contributed by atoms with Crippen LogP contribution in [-0.2, 0) is 4.74 Å². The van der Waals surface area contributed by atoms with Gasteiger partial charge in [-0.05, 0) is 46.3 Å². The number of rotatable bonds is 7. The summed E-state index contributed by atoms with van der Waals surface area (Å²) in [6.45, 7) is 6.83. The van der Waals surface area contributed by atoms with E-state index in [-0.39, 0.29) is 22.4 Å². The number of urea groups is 1. The average molecular weight is 288 g/mol. The highest BCUT2D eigenvalue weighted by Gasteiger charge is 2.36. The molecule has 5 heteroatoms. The molecule has 1 rings (SSSR count). The monoisotopic (exact) mass is 288 g/mol. The molecule has 0 saturated heterocycles. The third kappa shape index (κ3) is 5.22. The third-order valence-corrected chi connectivity index (χ3v) is 5.42. The van der Waals surface area contributed by atoms with E-state index < -0.39 is 0 Å². The molecule has 0 aliphatic heterocycles. The number of amides is 2. The van der Waals surface area contributed by atoms with Crippen molar-refractivity contribution in [2.24, 2.45) is 0 Å². The molecule has 2 N–H and O–H groups in total. The fourth-order valence-corrected chi connectivity index (χ4v) is 3.33. The molecule has 0 spiro atoms. The Kier molecular flexibility index (Phi) is 5.99. The SMILES string of the molecule is COC(C)(C)CC(C)NC(=O)NCC1(SC)CCC1. The summed E-state index contributed by atoms with van der Waals surface area (Å²) in [5.74, 6) is 0. The Labute approximate surface area is 121 Å². The van der Waals surface area contributed by atoms with Crippen LogP contribution < -0.4 is 10.6 Å². The second kappa shape index (κ2) is 6.84. The van der Waals surface area contributed by atoms with Crippen LogP contribution >= 0.6 is 11.8 Å². The molecule has 0 aromatic rings. The Balaban J connectivity index is 2.27. The van der Waals surface area contributed by atoms with Gasteiger partial charge in [-0.2, -0.15) is 11.8 Å². The van der Waals surface area contributed by atoms with Crippen LogP contribution in [0.1, 0.15) is 46.5 Å². The van der Waals surface area contributed by atoms with Crippen LogP contribution in [0.25, 0.3) is 0 Å². The summed E-state index contributed by atoms with van der Waals surface area (Å²) < 4.78 is 5.66. The molecule has 112 valence electrons. The molecule has 1 saturated carbocycles. The number of carbonyl (C=O) groups excluding carboxylic acids is 1. The summed E-state index contributed by atoms with van der Waals surface area (Å²) in [5.41, 5.74) is -0.207. The molecule has 4 nitrogen and oxygen atoms in total. The number of carbonyl (C=O) groups is 1. The molecule has 1 aliphatic rings. The highest BCUT2D eigenvalue weighted by atomic mass is 32.2. The van der Waals surface area contributed by atoms with Crippen LogP contribution in [0.3, 0.4) is 0 Å². The van der Waals surface area contributed by atoms with Crippen LogP contribution in [0.4, 0.5) is 4.79 Å². The standard InChI is InChI=1S/C14H28N2O2S/c1-11(9-13(2,3)18-4)16-12(17)15-10-14(19-5)7-6-8-14/h11H,6-10H2,1-5H3,(H2,15,16,17). The normalized spacial score (nSPS) is 19.4. The van der Waals surface area contributed by atoms with Crippen molar-refractivity contribution in [3.63, 3.8) is 0 Å². The van der Waals surface area contributed by atoms with E-state index in [0.29, 0.717) is 0 Å². The van der Waals surface area contributed by atoms with E-state index in [2.05, 4.69) is 16.9 Å². The number of methoxy groups -OCH3 is 1. The zero-order valence-corrected chi connectivity index (χ0v) is 13.7. The van der Waals surface area contributed by atoms with E-state index in [1.54, 1.807) is 7.11 Å². The van der Waals surface area contributed by atoms with Crippen LogP contribution in [0.2, 0.25) is 0 Å². The average Bonchev–Trinajstić information content (AvgIpc) is 2.27. The summed E-state index contributed by atoms with van der Waals surface area (Å²) in [6.07, 6.45) is 6.62. The van der Waals surface area contributed by atoms with Crippen molar-refractivity contribution in [3.05, 3.63) is 0 Å². The smallest absolute Gasteiger partial charge is 0.315 e. The largest absolute Gasteiger partial charge is 0.379 e. The van der Waals surface area contributed by atoms with Crippen molar-refractivity contribution in [2.75, 3.05) is 19.9 Å². The van der Waals surface area contributed by atoms with Gasteiger partial charge in [-0.15, -0.1) is 0 Å². The minimum Gasteiger partial charge on any atom is -0.379 e. The molecule has 2 amide bonds. The van der Waals surface area contributed by atoms with Crippen molar-refractivity contribution < 1.29 is 9.53 Å². The van der Waals surface area contributed by atoms with E-state index in [4.69, 9.17) is 4.74 Å². The lowest BCUT2D eigenvalue weighted by atomic mass is 9.84. The Bertz CT molecular complexity index is 298. The summed E-state index contributed by atoms with van der Waals surface area (Å²) in [6, 6.07) is 0.0290. The second-order valence-electron chi connectivity index (χ2n) is 6.14. The first kappa shape index (κ1) is 16.6. The predicted octanol–water partition coefficient (Wildman–Crippen LogP) is 2.77. The quantitative estimate of drug-likeness (QED) is 0.757. The first-order valence-corrected chi connectivity index (χ1v) is 8.20. The number of nitrogens with one attached hydrogen (secondary N) is 2. The lowest BCUT2D eigenvalue weighted by Gasteiger charge is -2.40. The zero-order chi connectivity index (χ0) is 14.5. The lowest BCUT2D eigenvalue weighted by Crippen LogP contribution is -2.50. The first-order valence-electron chi connectivity index (χ1n) is 6.97. The number of thioether (sulfide) groups is 1. The van der Waals surface area contributed by atoms with Gasteiger partial charge in [-0.25, -0.2) is 4.79 Å². The maximum Gasteiger partial charge on any atom is 0.315 e. The van der Waals surface area contributed by atoms with Gasteiger partial charge in [0.25, 0.3) is 0 Å². The number of ether oxygens (including phenoxy) is 1. The van der Waals surface area contributed by atoms with Gasteiger partial charge in [0.15, 0.2) is 0 Å². The van der Waals surface area contributed by atoms with Crippen molar-refractivity contribution in [1.29, 1.82) is 0 Å². The highest BCUT2D eigenvalue weighted by molar-refractivity contribution is 8.00. The fraction of sp³-hybridized carbons (Fsp3) is 0.929. The fourth-order valence-electron chi connectivity index (χ4n) is 2.41. The number of hydrogen-bond donors (Lipinski definition) is 2.